The van der Waals surface area contributed by atoms with E-state index in [9.17, 15) is 31.5 Å². The van der Waals surface area contributed by atoms with E-state index in [1.165, 1.54) is 39.7 Å². The van der Waals surface area contributed by atoms with Gasteiger partial charge in [0.2, 0.25) is 0 Å². The molecule has 9 nitrogen and oxygen atoms in total. The van der Waals surface area contributed by atoms with E-state index in [1.807, 2.05) is 0 Å². The van der Waals surface area contributed by atoms with Crippen molar-refractivity contribution in [1.29, 1.82) is 0 Å². The summed E-state index contributed by atoms with van der Waals surface area (Å²) in [5.74, 6) is -2.24. The molecule has 0 atom stereocenters. The maximum Gasteiger partial charge on any atom is 0.401 e. The number of hydrogen-bond donors (Lipinski definition) is 1. The Morgan fingerprint density at radius 1 is 1.02 bits per heavy atom. The van der Waals surface area contributed by atoms with Gasteiger partial charge >= 0.3 is 6.18 Å². The summed E-state index contributed by atoms with van der Waals surface area (Å²) < 4.78 is 74.3. The smallest absolute Gasteiger partial charge is 0.401 e. The van der Waals surface area contributed by atoms with Gasteiger partial charge in [0.25, 0.3) is 11.5 Å². The highest BCUT2D eigenvalue weighted by atomic mass is 19.4. The van der Waals surface area contributed by atoms with E-state index in [0.29, 0.717) is 5.69 Å². The summed E-state index contributed by atoms with van der Waals surface area (Å²) in [5.41, 5.74) is 1.69. The van der Waals surface area contributed by atoms with Crippen molar-refractivity contribution in [2.24, 2.45) is 0 Å². The van der Waals surface area contributed by atoms with Gasteiger partial charge in [-0.1, -0.05) is 24.3 Å². The Morgan fingerprint density at radius 3 is 2.40 bits per heavy atom. The van der Waals surface area contributed by atoms with E-state index in [2.05, 4.69) is 15.4 Å². The molecule has 0 spiro atoms. The van der Waals surface area contributed by atoms with E-state index >= 15 is 0 Å². The van der Waals surface area contributed by atoms with Crippen molar-refractivity contribution in [2.75, 3.05) is 26.7 Å². The van der Waals surface area contributed by atoms with Gasteiger partial charge in [-0.05, 0) is 17.2 Å². The molecule has 0 saturated carbocycles. The summed E-state index contributed by atoms with van der Waals surface area (Å²) in [5, 5.41) is 7.16. The standard InChI is InChI=1S/C29H27F5N6O3/c1-43-24-8-9-35-23(26(24)31)10-36-28(42)22-16-40(37-27(22)20-13-38(14-20)17-29(32,33)34)12-19-4-2-18(3-5-19)11-39-15-21(30)6-7-25(39)41/h2-9,15-16,20H,10-14,17H2,1H3,(H,36,42). The van der Waals surface area contributed by atoms with Crippen LogP contribution in [-0.2, 0) is 19.6 Å². The van der Waals surface area contributed by atoms with Gasteiger partial charge in [0.1, 0.15) is 5.82 Å². The first-order chi connectivity index (χ1) is 20.5. The fourth-order valence-corrected chi connectivity index (χ4v) is 4.89. The third-order valence-corrected chi connectivity index (χ3v) is 7.01. The van der Waals surface area contributed by atoms with Crippen LogP contribution in [0.5, 0.6) is 5.75 Å². The molecule has 0 radical (unpaired) electrons. The van der Waals surface area contributed by atoms with Crippen LogP contribution in [-0.4, -0.2) is 63.1 Å². The number of nitrogens with one attached hydrogen (secondary N) is 1. The molecule has 1 fully saturated rings. The fraction of sp³-hybridized carbons (Fsp3) is 0.310. The van der Waals surface area contributed by atoms with Crippen LogP contribution >= 0.6 is 0 Å². The number of aromatic nitrogens is 4. The third kappa shape index (κ3) is 7.25. The first-order valence-corrected chi connectivity index (χ1v) is 13.2. The largest absolute Gasteiger partial charge is 0.494 e. The predicted octanol–water partition coefficient (Wildman–Crippen LogP) is 3.71. The van der Waals surface area contributed by atoms with Crippen molar-refractivity contribution in [1.82, 2.24) is 29.5 Å². The average Bonchev–Trinajstić information content (AvgIpc) is 3.35. The van der Waals surface area contributed by atoms with Crippen LogP contribution in [0, 0.1) is 11.6 Å². The minimum absolute atomic E-state index is 0.0269. The number of likely N-dealkylation sites (tertiary alicyclic amines) is 1. The predicted molar refractivity (Wildman–Crippen MR) is 145 cm³/mol. The normalized spacial score (nSPS) is 14.0. The average molecular weight is 603 g/mol. The number of ether oxygens (including phenoxy) is 1. The van der Waals surface area contributed by atoms with Crippen molar-refractivity contribution in [3.63, 3.8) is 0 Å². The highest BCUT2D eigenvalue weighted by molar-refractivity contribution is 5.95. The first kappa shape index (κ1) is 29.9. The highest BCUT2D eigenvalue weighted by Gasteiger charge is 2.40. The molecule has 14 heteroatoms. The molecule has 1 aromatic carbocycles. The second-order valence-corrected chi connectivity index (χ2v) is 10.2. The van der Waals surface area contributed by atoms with E-state index in [0.717, 1.165) is 29.5 Å². The molecule has 1 aliphatic rings. The Bertz CT molecular complexity index is 1660. The van der Waals surface area contributed by atoms with Gasteiger partial charge in [0.15, 0.2) is 11.6 Å². The molecule has 1 aliphatic heterocycles. The molecule has 4 heterocycles. The fourth-order valence-electron chi connectivity index (χ4n) is 4.89. The second kappa shape index (κ2) is 12.3. The van der Waals surface area contributed by atoms with Gasteiger partial charge in [0.05, 0.1) is 50.2 Å². The molecular weight excluding hydrogens is 575 g/mol. The zero-order chi connectivity index (χ0) is 30.7. The number of carbonyl (C=O) groups is 1. The monoisotopic (exact) mass is 602 g/mol. The van der Waals surface area contributed by atoms with Crippen LogP contribution in [0.2, 0.25) is 0 Å². The van der Waals surface area contributed by atoms with Gasteiger partial charge < -0.3 is 14.6 Å². The summed E-state index contributed by atoms with van der Waals surface area (Å²) in [6.07, 6.45) is -0.360. The zero-order valence-corrected chi connectivity index (χ0v) is 22.9. The van der Waals surface area contributed by atoms with Gasteiger partial charge in [-0.25, -0.2) is 8.78 Å². The quantitative estimate of drug-likeness (QED) is 0.278. The molecule has 1 N–H and O–H groups in total. The number of halogens is 5. The number of carbonyl (C=O) groups excluding carboxylic acids is 1. The molecule has 0 bridgehead atoms. The Morgan fingerprint density at radius 2 is 1.72 bits per heavy atom. The van der Waals surface area contributed by atoms with Crippen molar-refractivity contribution in [3.05, 3.63) is 111 Å². The zero-order valence-electron chi connectivity index (χ0n) is 22.9. The Kier molecular flexibility index (Phi) is 8.57. The van der Waals surface area contributed by atoms with Crippen LogP contribution in [0.3, 0.4) is 0 Å². The van der Waals surface area contributed by atoms with Crippen LogP contribution in [0.25, 0.3) is 0 Å². The molecule has 1 amide bonds. The number of benzene rings is 1. The maximum absolute atomic E-state index is 14.5. The number of rotatable bonds is 10. The third-order valence-electron chi connectivity index (χ3n) is 7.01. The van der Waals surface area contributed by atoms with Gasteiger partial charge in [-0.15, -0.1) is 0 Å². The summed E-state index contributed by atoms with van der Waals surface area (Å²) >= 11 is 0. The molecule has 0 aliphatic carbocycles. The van der Waals surface area contributed by atoms with Crippen LogP contribution in [0.1, 0.15) is 38.8 Å². The summed E-state index contributed by atoms with van der Waals surface area (Å²) in [6.45, 7) is -0.723. The Balaban J connectivity index is 1.32. The lowest BCUT2D eigenvalue weighted by Crippen LogP contribution is -2.49. The molecule has 1 saturated heterocycles. The summed E-state index contributed by atoms with van der Waals surface area (Å²) in [7, 11) is 1.31. The molecule has 0 unspecified atom stereocenters. The topological polar surface area (TPSA) is 94.3 Å². The number of hydrogen-bond acceptors (Lipinski definition) is 6. The minimum atomic E-state index is -4.34. The lowest BCUT2D eigenvalue weighted by Gasteiger charge is -2.38. The lowest BCUT2D eigenvalue weighted by atomic mass is 9.93. The Labute approximate surface area is 242 Å². The van der Waals surface area contributed by atoms with Gasteiger partial charge in [0, 0.05) is 49.7 Å². The number of pyridine rings is 2. The van der Waals surface area contributed by atoms with Gasteiger partial charge in [-0.2, -0.15) is 18.3 Å². The molecular formula is C29H27F5N6O3. The van der Waals surface area contributed by atoms with E-state index < -0.39 is 36.2 Å². The van der Waals surface area contributed by atoms with E-state index in [4.69, 9.17) is 4.74 Å². The highest BCUT2D eigenvalue weighted by Crippen LogP contribution is 2.31. The number of alkyl halides is 3. The lowest BCUT2D eigenvalue weighted by molar-refractivity contribution is -0.155. The molecule has 5 rings (SSSR count). The maximum atomic E-state index is 14.5. The molecule has 4 aromatic rings. The Hall–Kier alpha value is -4.59. The summed E-state index contributed by atoms with van der Waals surface area (Å²) in [6, 6.07) is 10.8. The van der Waals surface area contributed by atoms with Crippen LogP contribution in [0.4, 0.5) is 22.0 Å². The van der Waals surface area contributed by atoms with Gasteiger partial charge in [-0.3, -0.25) is 24.2 Å². The molecule has 43 heavy (non-hydrogen) atoms. The number of amides is 1. The van der Waals surface area contributed by atoms with Crippen molar-refractivity contribution in [2.45, 2.75) is 31.7 Å². The minimum Gasteiger partial charge on any atom is -0.494 e. The number of methoxy groups -OCH3 is 1. The van der Waals surface area contributed by atoms with E-state index in [1.54, 1.807) is 24.3 Å². The molecule has 3 aromatic heterocycles. The van der Waals surface area contributed by atoms with Crippen LogP contribution < -0.4 is 15.6 Å². The van der Waals surface area contributed by atoms with Crippen molar-refractivity contribution >= 4 is 5.91 Å². The SMILES string of the molecule is COc1ccnc(CNC(=O)c2cn(Cc3ccc(Cn4cc(F)ccc4=O)cc3)nc2C2CN(CC(F)(F)F)C2)c1F. The first-order valence-electron chi connectivity index (χ1n) is 13.2. The summed E-state index contributed by atoms with van der Waals surface area (Å²) in [4.78, 5) is 30.4. The molecule has 226 valence electrons. The van der Waals surface area contributed by atoms with E-state index in [-0.39, 0.29) is 55.3 Å². The second-order valence-electron chi connectivity index (χ2n) is 10.2. The number of nitrogens with zero attached hydrogens (tertiary/aromatic N) is 5. The van der Waals surface area contributed by atoms with Crippen molar-refractivity contribution in [3.8, 4) is 5.75 Å². The van der Waals surface area contributed by atoms with Crippen LogP contribution in [0.15, 0.2) is 65.8 Å². The van der Waals surface area contributed by atoms with Crippen molar-refractivity contribution < 1.29 is 31.5 Å².